The smallest absolute Gasteiger partial charge is 0.409 e. The van der Waals surface area contributed by atoms with Crippen LogP contribution >= 0.6 is 0 Å². The van der Waals surface area contributed by atoms with Crippen molar-refractivity contribution in [2.45, 2.75) is 5.92 Å². The Bertz CT molecular complexity index is 1630. The number of benzene rings is 3. The van der Waals surface area contributed by atoms with Crippen LogP contribution in [0.3, 0.4) is 0 Å². The van der Waals surface area contributed by atoms with E-state index in [1.165, 1.54) is 32.1 Å². The summed E-state index contributed by atoms with van der Waals surface area (Å²) in [6, 6.07) is 23.4. The molecule has 59 heavy (non-hydrogen) atoms. The number of likely N-dealkylation sites (N-methyl/N-ethyl adjacent to an activating group) is 1. The number of hydrogen-bond acceptors (Lipinski definition) is 13. The summed E-state index contributed by atoms with van der Waals surface area (Å²) in [5.74, 6) is -0.533. The minimum absolute atomic E-state index is 0.0314. The lowest BCUT2D eigenvalue weighted by atomic mass is 9.98. The van der Waals surface area contributed by atoms with Crippen LogP contribution in [0.2, 0.25) is 0 Å². The maximum atomic E-state index is 12.6. The van der Waals surface area contributed by atoms with E-state index in [0.717, 1.165) is 0 Å². The van der Waals surface area contributed by atoms with Crippen LogP contribution in [0.15, 0.2) is 72.8 Å². The first-order chi connectivity index (χ1) is 29.1. The molecule has 0 saturated carbocycles. The Balaban J connectivity index is 0.700. The minimum Gasteiger partial charge on any atom is -0.448 e. The maximum Gasteiger partial charge on any atom is 0.409 e. The van der Waals surface area contributed by atoms with Gasteiger partial charge in [-0.1, -0.05) is 60.7 Å². The lowest BCUT2D eigenvalue weighted by molar-refractivity contribution is -0.0253. The quantitative estimate of drug-likeness (QED) is 0.0651. The van der Waals surface area contributed by atoms with Gasteiger partial charge in [0.15, 0.2) is 0 Å². The van der Waals surface area contributed by atoms with Crippen LogP contribution < -0.4 is 0 Å². The van der Waals surface area contributed by atoms with E-state index in [0.29, 0.717) is 137 Å². The molecule has 1 heterocycles. The Hall–Kier alpha value is -4.29. The topological polar surface area (TPSA) is 150 Å². The van der Waals surface area contributed by atoms with Gasteiger partial charge in [-0.2, -0.15) is 0 Å². The molecule has 0 bridgehead atoms. The molecule has 15 nitrogen and oxygen atoms in total. The molecule has 2 aliphatic rings. The zero-order chi connectivity index (χ0) is 41.3. The van der Waals surface area contributed by atoms with Gasteiger partial charge in [-0.3, -0.25) is 14.5 Å². The number of carbonyl (C=O) groups is 3. The number of amides is 3. The number of imide groups is 1. The molecule has 0 saturated heterocycles. The summed E-state index contributed by atoms with van der Waals surface area (Å²) in [4.78, 5) is 40.0. The Morgan fingerprint density at radius 2 is 0.797 bits per heavy atom. The zero-order valence-corrected chi connectivity index (χ0v) is 34.1. The van der Waals surface area contributed by atoms with Gasteiger partial charge >= 0.3 is 6.09 Å². The molecule has 3 amide bonds. The van der Waals surface area contributed by atoms with Crippen LogP contribution in [-0.4, -0.2) is 173 Å². The largest absolute Gasteiger partial charge is 0.448 e. The van der Waals surface area contributed by atoms with E-state index in [1.54, 1.807) is 31.3 Å². The molecule has 0 spiro atoms. The van der Waals surface area contributed by atoms with Crippen molar-refractivity contribution in [1.29, 1.82) is 0 Å². The lowest BCUT2D eigenvalue weighted by Crippen LogP contribution is -2.33. The predicted octanol–water partition coefficient (Wildman–Crippen LogP) is 4.31. The van der Waals surface area contributed by atoms with Gasteiger partial charge in [0.1, 0.15) is 6.61 Å². The minimum atomic E-state index is -0.371. The molecule has 1 aliphatic carbocycles. The third-order valence-electron chi connectivity index (χ3n) is 9.53. The van der Waals surface area contributed by atoms with Crippen LogP contribution in [0.1, 0.15) is 37.8 Å². The summed E-state index contributed by atoms with van der Waals surface area (Å²) < 4.78 is 55.4. The standard InChI is InChI=1S/C44H58N2O13/c1-45(44(49)59-34-41-37-10-4-2-8-35(37)36-9-3-5-11-38(36)41)14-16-50-18-20-52-22-24-54-26-28-56-30-32-58-33-31-57-29-27-55-25-23-53-21-19-51-17-15-46-42(47)39-12-6-7-13-40(39)43(46)48/h2-13,41H,14-34H2,1H3. The third-order valence-corrected chi connectivity index (χ3v) is 9.53. The highest BCUT2D eigenvalue weighted by Gasteiger charge is 2.34. The highest BCUT2D eigenvalue weighted by molar-refractivity contribution is 6.21. The van der Waals surface area contributed by atoms with Gasteiger partial charge in [0.05, 0.1) is 137 Å². The van der Waals surface area contributed by atoms with Crippen molar-refractivity contribution < 1.29 is 61.8 Å². The van der Waals surface area contributed by atoms with Gasteiger partial charge in [0, 0.05) is 19.5 Å². The number of hydrogen-bond donors (Lipinski definition) is 0. The van der Waals surface area contributed by atoms with Gasteiger partial charge in [-0.25, -0.2) is 4.79 Å². The van der Waals surface area contributed by atoms with Crippen LogP contribution in [-0.2, 0) is 47.4 Å². The summed E-state index contributed by atoms with van der Waals surface area (Å²) in [7, 11) is 1.71. The number of ether oxygens (including phenoxy) is 10. The molecule has 3 aromatic carbocycles. The van der Waals surface area contributed by atoms with Gasteiger partial charge in [-0.15, -0.1) is 0 Å². The molecular weight excluding hydrogens is 764 g/mol. The average Bonchev–Trinajstić information content (AvgIpc) is 3.71. The normalized spacial score (nSPS) is 13.2. The van der Waals surface area contributed by atoms with E-state index < -0.39 is 0 Å². The molecule has 0 aromatic heterocycles. The number of nitrogens with zero attached hydrogens (tertiary/aromatic N) is 2. The average molecular weight is 823 g/mol. The van der Waals surface area contributed by atoms with E-state index in [1.807, 2.05) is 24.3 Å². The summed E-state index contributed by atoms with van der Waals surface area (Å²) in [6.45, 7) is 8.63. The van der Waals surface area contributed by atoms with E-state index in [9.17, 15) is 14.4 Å². The van der Waals surface area contributed by atoms with Crippen molar-refractivity contribution in [2.75, 3.05) is 146 Å². The maximum absolute atomic E-state index is 12.6. The second-order valence-electron chi connectivity index (χ2n) is 13.5. The predicted molar refractivity (Wildman–Crippen MR) is 217 cm³/mol. The molecule has 15 heteroatoms. The van der Waals surface area contributed by atoms with Crippen molar-refractivity contribution in [2.24, 2.45) is 0 Å². The van der Waals surface area contributed by atoms with Gasteiger partial charge < -0.3 is 52.3 Å². The van der Waals surface area contributed by atoms with Crippen molar-refractivity contribution in [3.05, 3.63) is 95.1 Å². The zero-order valence-electron chi connectivity index (χ0n) is 34.1. The summed E-state index contributed by atoms with van der Waals surface area (Å²) >= 11 is 0. The fourth-order valence-corrected chi connectivity index (χ4v) is 6.46. The molecule has 0 fully saturated rings. The Labute approximate surface area is 346 Å². The van der Waals surface area contributed by atoms with Crippen molar-refractivity contribution in [3.8, 4) is 11.1 Å². The number of fused-ring (bicyclic) bond motifs is 4. The third kappa shape index (κ3) is 15.0. The van der Waals surface area contributed by atoms with Gasteiger partial charge in [0.2, 0.25) is 0 Å². The molecule has 0 atom stereocenters. The van der Waals surface area contributed by atoms with E-state index in [2.05, 4.69) is 24.3 Å². The first-order valence-electron chi connectivity index (χ1n) is 20.3. The molecule has 5 rings (SSSR count). The Kier molecular flexibility index (Phi) is 20.7. The fraction of sp³-hybridized carbons (Fsp3) is 0.523. The second-order valence-corrected chi connectivity index (χ2v) is 13.5. The molecule has 1 aliphatic heterocycles. The first kappa shape index (κ1) is 45.8. The van der Waals surface area contributed by atoms with Gasteiger partial charge in [-0.05, 0) is 34.4 Å². The van der Waals surface area contributed by atoms with Crippen molar-refractivity contribution in [1.82, 2.24) is 9.80 Å². The molecule has 322 valence electrons. The monoisotopic (exact) mass is 822 g/mol. The Morgan fingerprint density at radius 1 is 0.475 bits per heavy atom. The van der Waals surface area contributed by atoms with Crippen molar-refractivity contribution in [3.63, 3.8) is 0 Å². The number of rotatable bonds is 32. The van der Waals surface area contributed by atoms with E-state index in [-0.39, 0.29) is 37.0 Å². The fourth-order valence-electron chi connectivity index (χ4n) is 6.46. The van der Waals surface area contributed by atoms with E-state index >= 15 is 0 Å². The molecule has 3 aromatic rings. The molecule has 0 unspecified atom stereocenters. The first-order valence-corrected chi connectivity index (χ1v) is 20.3. The van der Waals surface area contributed by atoms with Crippen LogP contribution in [0.25, 0.3) is 11.1 Å². The van der Waals surface area contributed by atoms with Crippen LogP contribution in [0, 0.1) is 0 Å². The van der Waals surface area contributed by atoms with Crippen LogP contribution in [0.5, 0.6) is 0 Å². The summed E-state index contributed by atoms with van der Waals surface area (Å²) in [5, 5.41) is 0. The van der Waals surface area contributed by atoms with Crippen LogP contribution in [0.4, 0.5) is 4.79 Å². The molecule has 0 radical (unpaired) electrons. The lowest BCUT2D eigenvalue weighted by Gasteiger charge is -2.19. The van der Waals surface area contributed by atoms with Crippen molar-refractivity contribution >= 4 is 17.9 Å². The number of carbonyl (C=O) groups excluding carboxylic acids is 3. The Morgan fingerprint density at radius 3 is 1.19 bits per heavy atom. The second kappa shape index (κ2) is 26.7. The van der Waals surface area contributed by atoms with E-state index in [4.69, 9.17) is 47.4 Å². The highest BCUT2D eigenvalue weighted by Crippen LogP contribution is 2.44. The summed E-state index contributed by atoms with van der Waals surface area (Å²) in [6.07, 6.45) is -0.371. The molecular formula is C44H58N2O13. The SMILES string of the molecule is CN(CCOCCOCCOCCOCCOCCOCCOCCOCCOCCN1C(=O)c2ccccc2C1=O)C(=O)OCC1c2ccccc2-c2ccccc21. The highest BCUT2D eigenvalue weighted by atomic mass is 16.6. The molecule has 0 N–H and O–H groups in total. The summed E-state index contributed by atoms with van der Waals surface area (Å²) in [5.41, 5.74) is 5.65. The van der Waals surface area contributed by atoms with Gasteiger partial charge in [0.25, 0.3) is 11.8 Å².